The van der Waals surface area contributed by atoms with E-state index in [9.17, 15) is 0 Å². The van der Waals surface area contributed by atoms with Crippen LogP contribution in [0.25, 0.3) is 0 Å². The van der Waals surface area contributed by atoms with Crippen LogP contribution < -0.4 is 34.2 Å². The van der Waals surface area contributed by atoms with Crippen LogP contribution in [-0.2, 0) is 6.42 Å². The summed E-state index contributed by atoms with van der Waals surface area (Å²) < 4.78 is 23.3. The summed E-state index contributed by atoms with van der Waals surface area (Å²) in [4.78, 5) is 14.4. The lowest BCUT2D eigenvalue weighted by Crippen LogP contribution is -2.33. The normalized spacial score (nSPS) is 15.1. The van der Waals surface area contributed by atoms with Gasteiger partial charge < -0.3 is 28.7 Å². The topological polar surface area (TPSA) is 93.6 Å². The number of ether oxygens (including phenoxy) is 4. The molecular weight excluding hydrogens is 604 g/mol. The van der Waals surface area contributed by atoms with E-state index in [2.05, 4.69) is 26.9 Å². The number of anilines is 3. The van der Waals surface area contributed by atoms with E-state index >= 15 is 0 Å². The first-order valence-corrected chi connectivity index (χ1v) is 16.6. The van der Waals surface area contributed by atoms with Gasteiger partial charge in [-0.25, -0.2) is 0 Å². The minimum absolute atomic E-state index is 0.263. The summed E-state index contributed by atoms with van der Waals surface area (Å²) in [5, 5.41) is 4.92. The molecule has 0 amide bonds. The van der Waals surface area contributed by atoms with Gasteiger partial charge in [0, 0.05) is 32.2 Å². The van der Waals surface area contributed by atoms with Crippen molar-refractivity contribution in [3.63, 3.8) is 0 Å². The maximum Gasteiger partial charge on any atom is 0.229 e. The van der Waals surface area contributed by atoms with E-state index in [4.69, 9.17) is 40.5 Å². The average molecular weight is 649 g/mol. The van der Waals surface area contributed by atoms with E-state index in [0.717, 1.165) is 68.3 Å². The molecule has 2 aliphatic heterocycles. The SMILES string of the molecule is C=CCc1ccc(OCCOc2c(Cl)cc(C=NNc3cc(N4CCCCC4)nc(N4CCCCC4)n3)cc2OCC)c(OC)c1. The first-order chi connectivity index (χ1) is 22.6. The van der Waals surface area contributed by atoms with E-state index < -0.39 is 0 Å². The Kier molecular flexibility index (Phi) is 12.2. The van der Waals surface area contributed by atoms with E-state index in [1.54, 1.807) is 19.4 Å². The van der Waals surface area contributed by atoms with Crippen LogP contribution >= 0.6 is 11.6 Å². The van der Waals surface area contributed by atoms with Crippen molar-refractivity contribution in [2.24, 2.45) is 5.10 Å². The monoisotopic (exact) mass is 648 g/mol. The van der Waals surface area contributed by atoms with E-state index in [-0.39, 0.29) is 6.61 Å². The van der Waals surface area contributed by atoms with E-state index in [0.29, 0.717) is 47.1 Å². The number of piperidine rings is 2. The highest BCUT2D eigenvalue weighted by Crippen LogP contribution is 2.37. The quantitative estimate of drug-likeness (QED) is 0.0798. The first-order valence-electron chi connectivity index (χ1n) is 16.3. The Hall–Kier alpha value is -4.18. The van der Waals surface area contributed by atoms with Crippen LogP contribution in [0.1, 0.15) is 56.6 Å². The fraction of sp³-hybridized carbons (Fsp3) is 0.457. The molecular formula is C35H45ClN6O4. The summed E-state index contributed by atoms with van der Waals surface area (Å²) in [6.07, 6.45) is 11.5. The van der Waals surface area contributed by atoms with Gasteiger partial charge in [0.1, 0.15) is 19.0 Å². The standard InChI is InChI=1S/C35H45ClN6O4/c1-4-12-26-13-14-29(30(22-26)43-3)45-19-20-46-34-28(36)21-27(23-31(34)44-5-2)25-37-40-32-24-33(41-15-8-6-9-16-41)39-35(38-32)42-17-10-7-11-18-42/h4,13-14,21-25H,1,5-12,15-20H2,2-3H3,(H,38,39,40). The number of benzene rings is 2. The second-order valence-electron chi connectivity index (χ2n) is 11.3. The lowest BCUT2D eigenvalue weighted by atomic mass is 10.1. The molecule has 1 N–H and O–H groups in total. The van der Waals surface area contributed by atoms with Gasteiger partial charge in [-0.3, -0.25) is 5.43 Å². The van der Waals surface area contributed by atoms with Crippen molar-refractivity contribution in [2.75, 3.05) is 68.3 Å². The number of hydrazone groups is 1. The Morgan fingerprint density at radius 3 is 2.33 bits per heavy atom. The molecule has 11 heteroatoms. The van der Waals surface area contributed by atoms with Crippen LogP contribution in [0.2, 0.25) is 5.02 Å². The minimum atomic E-state index is 0.263. The number of rotatable bonds is 15. The molecule has 0 bridgehead atoms. The molecule has 46 heavy (non-hydrogen) atoms. The second kappa shape index (κ2) is 16.9. The van der Waals surface area contributed by atoms with Gasteiger partial charge in [0.15, 0.2) is 28.8 Å². The Labute approximate surface area is 277 Å². The van der Waals surface area contributed by atoms with Crippen LogP contribution in [0.3, 0.4) is 0 Å². The number of methoxy groups -OCH3 is 1. The summed E-state index contributed by atoms with van der Waals surface area (Å²) in [5.41, 5.74) is 4.99. The number of allylic oxidation sites excluding steroid dienone is 1. The Morgan fingerprint density at radius 1 is 0.870 bits per heavy atom. The van der Waals surface area contributed by atoms with Gasteiger partial charge >= 0.3 is 0 Å². The van der Waals surface area contributed by atoms with Gasteiger partial charge in [0.2, 0.25) is 5.95 Å². The van der Waals surface area contributed by atoms with Crippen molar-refractivity contribution in [2.45, 2.75) is 51.9 Å². The maximum atomic E-state index is 6.68. The zero-order chi connectivity index (χ0) is 32.1. The van der Waals surface area contributed by atoms with Crippen molar-refractivity contribution >= 4 is 35.4 Å². The third-order valence-electron chi connectivity index (χ3n) is 7.94. The second-order valence-corrected chi connectivity index (χ2v) is 11.7. The van der Waals surface area contributed by atoms with Crippen molar-refractivity contribution in [1.29, 1.82) is 0 Å². The number of hydrogen-bond donors (Lipinski definition) is 1. The third kappa shape index (κ3) is 8.96. The molecule has 5 rings (SSSR count). The van der Waals surface area contributed by atoms with Crippen LogP contribution in [0.15, 0.2) is 54.2 Å². The summed E-state index contributed by atoms with van der Waals surface area (Å²) in [5.74, 6) is 4.67. The van der Waals surface area contributed by atoms with E-state index in [1.165, 1.54) is 25.7 Å². The number of nitrogens with one attached hydrogen (secondary N) is 1. The fourth-order valence-electron chi connectivity index (χ4n) is 5.66. The smallest absolute Gasteiger partial charge is 0.229 e. The largest absolute Gasteiger partial charge is 0.493 e. The molecule has 2 aliphatic rings. The number of aromatic nitrogens is 2. The fourth-order valence-corrected chi connectivity index (χ4v) is 5.93. The third-order valence-corrected chi connectivity index (χ3v) is 8.22. The molecule has 2 saturated heterocycles. The molecule has 246 valence electrons. The average Bonchev–Trinajstić information content (AvgIpc) is 3.09. The van der Waals surface area contributed by atoms with Gasteiger partial charge in [0.05, 0.1) is 25.0 Å². The molecule has 0 saturated carbocycles. The Morgan fingerprint density at radius 2 is 1.61 bits per heavy atom. The van der Waals surface area contributed by atoms with Crippen LogP contribution in [0.5, 0.6) is 23.0 Å². The molecule has 2 aromatic carbocycles. The molecule has 0 radical (unpaired) electrons. The molecule has 0 aliphatic carbocycles. The predicted octanol–water partition coefficient (Wildman–Crippen LogP) is 7.15. The minimum Gasteiger partial charge on any atom is -0.493 e. The lowest BCUT2D eigenvalue weighted by Gasteiger charge is -2.31. The molecule has 0 atom stereocenters. The highest BCUT2D eigenvalue weighted by Gasteiger charge is 2.19. The van der Waals surface area contributed by atoms with Gasteiger partial charge in [-0.05, 0) is 87.3 Å². The van der Waals surface area contributed by atoms with Crippen LogP contribution in [0.4, 0.5) is 17.6 Å². The Balaban J connectivity index is 1.24. The highest BCUT2D eigenvalue weighted by molar-refractivity contribution is 6.32. The number of nitrogens with zero attached hydrogens (tertiary/aromatic N) is 5. The predicted molar refractivity (Wildman–Crippen MR) is 186 cm³/mol. The maximum absolute atomic E-state index is 6.68. The first kappa shape index (κ1) is 33.2. The van der Waals surface area contributed by atoms with E-state index in [1.807, 2.05) is 43.3 Å². The lowest BCUT2D eigenvalue weighted by molar-refractivity contribution is 0.203. The molecule has 10 nitrogen and oxygen atoms in total. The zero-order valence-electron chi connectivity index (χ0n) is 27.0. The van der Waals surface area contributed by atoms with Crippen LogP contribution in [-0.4, -0.2) is 69.3 Å². The Bertz CT molecular complexity index is 1440. The number of hydrogen-bond acceptors (Lipinski definition) is 10. The van der Waals surface area contributed by atoms with Gasteiger partial charge in [-0.1, -0.05) is 23.7 Å². The molecule has 3 aromatic rings. The van der Waals surface area contributed by atoms with Crippen LogP contribution in [0, 0.1) is 0 Å². The summed E-state index contributed by atoms with van der Waals surface area (Å²) in [6, 6.07) is 11.5. The van der Waals surface area contributed by atoms with Crippen molar-refractivity contribution in [3.8, 4) is 23.0 Å². The summed E-state index contributed by atoms with van der Waals surface area (Å²) in [6.45, 7) is 10.7. The molecule has 3 heterocycles. The molecule has 0 unspecified atom stereocenters. The molecule has 0 spiro atoms. The van der Waals surface area contributed by atoms with Gasteiger partial charge in [0.25, 0.3) is 0 Å². The number of halogens is 1. The molecule has 2 fully saturated rings. The highest BCUT2D eigenvalue weighted by atomic mass is 35.5. The van der Waals surface area contributed by atoms with Gasteiger partial charge in [-0.15, -0.1) is 6.58 Å². The summed E-state index contributed by atoms with van der Waals surface area (Å²) in [7, 11) is 1.62. The van der Waals surface area contributed by atoms with Crippen molar-refractivity contribution < 1.29 is 18.9 Å². The zero-order valence-corrected chi connectivity index (χ0v) is 27.7. The summed E-state index contributed by atoms with van der Waals surface area (Å²) >= 11 is 6.68. The molecule has 1 aromatic heterocycles. The van der Waals surface area contributed by atoms with Crippen molar-refractivity contribution in [3.05, 3.63) is 65.2 Å². The van der Waals surface area contributed by atoms with Crippen molar-refractivity contribution in [1.82, 2.24) is 9.97 Å². The van der Waals surface area contributed by atoms with Gasteiger partial charge in [-0.2, -0.15) is 15.1 Å².